The Morgan fingerprint density at radius 1 is 1.60 bits per heavy atom. The van der Waals surface area contributed by atoms with E-state index in [1.54, 1.807) is 0 Å². The Morgan fingerprint density at radius 3 is 2.60 bits per heavy atom. The molecule has 0 atom stereocenters. The molecule has 0 spiro atoms. The van der Waals surface area contributed by atoms with Crippen molar-refractivity contribution in [2.24, 2.45) is 10.5 Å². The number of hydrazone groups is 1. The Morgan fingerprint density at radius 2 is 2.20 bits per heavy atom. The number of allylic oxidation sites excluding steroid dienone is 1. The Bertz CT molecular complexity index is 116. The molecule has 0 aliphatic carbocycles. The van der Waals surface area contributed by atoms with E-state index in [0.29, 0.717) is 0 Å². The topological polar surface area (TPSA) is 24.4 Å². The fourth-order valence-corrected chi connectivity index (χ4v) is 0.733. The van der Waals surface area contributed by atoms with E-state index in [0.717, 1.165) is 13.0 Å². The van der Waals surface area contributed by atoms with Gasteiger partial charge in [0.25, 0.3) is 0 Å². The largest absolute Gasteiger partial charge is 0.310 e. The Kier molecular flexibility index (Phi) is 3.77. The average Bonchev–Trinajstić information content (AvgIpc) is 1.84. The van der Waals surface area contributed by atoms with Crippen LogP contribution in [-0.4, -0.2) is 13.3 Å². The third-order valence-electron chi connectivity index (χ3n) is 1.37. The fourth-order valence-electron chi connectivity index (χ4n) is 0.733. The third kappa shape index (κ3) is 4.13. The zero-order valence-electron chi connectivity index (χ0n) is 6.85. The smallest absolute Gasteiger partial charge is 0.0383 e. The van der Waals surface area contributed by atoms with Crippen molar-refractivity contribution in [2.75, 3.05) is 6.54 Å². The molecule has 0 rings (SSSR count). The highest BCUT2D eigenvalue weighted by atomic mass is 15.3. The molecule has 10 heavy (non-hydrogen) atoms. The van der Waals surface area contributed by atoms with Crippen molar-refractivity contribution in [1.29, 1.82) is 0 Å². The van der Waals surface area contributed by atoms with Crippen LogP contribution in [0.1, 0.15) is 20.3 Å². The molecule has 58 valence electrons. The lowest BCUT2D eigenvalue weighted by molar-refractivity contribution is 0.350. The summed E-state index contributed by atoms with van der Waals surface area (Å²) < 4.78 is 0. The Labute approximate surface area is 63.0 Å². The van der Waals surface area contributed by atoms with Crippen LogP contribution in [0.4, 0.5) is 0 Å². The first-order valence-corrected chi connectivity index (χ1v) is 3.42. The van der Waals surface area contributed by atoms with Gasteiger partial charge in [0, 0.05) is 13.3 Å². The standard InChI is InChI=1S/C8H16N2/c1-5-6-8(2,3)7-10-9-4/h5,10H,1,4,6-7H2,2-3H3. The zero-order chi connectivity index (χ0) is 8.04. The molecule has 0 bridgehead atoms. The maximum atomic E-state index is 3.68. The highest BCUT2D eigenvalue weighted by Crippen LogP contribution is 2.18. The number of hydrogen-bond acceptors (Lipinski definition) is 2. The van der Waals surface area contributed by atoms with Crippen LogP contribution in [0.2, 0.25) is 0 Å². The maximum Gasteiger partial charge on any atom is 0.0383 e. The Hall–Kier alpha value is -0.790. The molecule has 0 fully saturated rings. The molecule has 2 nitrogen and oxygen atoms in total. The highest BCUT2D eigenvalue weighted by molar-refractivity contribution is 5.22. The summed E-state index contributed by atoms with van der Waals surface area (Å²) >= 11 is 0. The monoisotopic (exact) mass is 140 g/mol. The van der Waals surface area contributed by atoms with E-state index >= 15 is 0 Å². The summed E-state index contributed by atoms with van der Waals surface area (Å²) in [6, 6.07) is 0. The quantitative estimate of drug-likeness (QED) is 0.351. The summed E-state index contributed by atoms with van der Waals surface area (Å²) in [7, 11) is 0. The lowest BCUT2D eigenvalue weighted by atomic mass is 9.90. The van der Waals surface area contributed by atoms with E-state index in [1.807, 2.05) is 6.08 Å². The van der Waals surface area contributed by atoms with E-state index in [4.69, 9.17) is 0 Å². The second-order valence-corrected chi connectivity index (χ2v) is 3.15. The molecule has 0 amide bonds. The summed E-state index contributed by atoms with van der Waals surface area (Å²) in [4.78, 5) is 0. The van der Waals surface area contributed by atoms with Gasteiger partial charge in [0.05, 0.1) is 0 Å². The molecule has 0 saturated heterocycles. The maximum absolute atomic E-state index is 3.68. The van der Waals surface area contributed by atoms with Gasteiger partial charge >= 0.3 is 0 Å². The average molecular weight is 140 g/mol. The molecule has 0 saturated carbocycles. The molecular weight excluding hydrogens is 124 g/mol. The minimum atomic E-state index is 0.239. The van der Waals surface area contributed by atoms with Gasteiger partial charge in [-0.15, -0.1) is 6.58 Å². The van der Waals surface area contributed by atoms with Gasteiger partial charge in [-0.25, -0.2) is 0 Å². The van der Waals surface area contributed by atoms with Gasteiger partial charge in [-0.1, -0.05) is 19.9 Å². The normalized spacial score (nSPS) is 10.6. The van der Waals surface area contributed by atoms with Crippen LogP contribution in [0, 0.1) is 5.41 Å². The molecule has 0 aromatic rings. The highest BCUT2D eigenvalue weighted by Gasteiger charge is 2.14. The predicted molar refractivity (Wildman–Crippen MR) is 46.1 cm³/mol. The molecule has 1 N–H and O–H groups in total. The summed E-state index contributed by atoms with van der Waals surface area (Å²) in [6.45, 7) is 12.2. The van der Waals surface area contributed by atoms with E-state index in [1.165, 1.54) is 0 Å². The lowest BCUT2D eigenvalue weighted by Gasteiger charge is -2.21. The van der Waals surface area contributed by atoms with Crippen LogP contribution in [-0.2, 0) is 0 Å². The fraction of sp³-hybridized carbons (Fsp3) is 0.625. The van der Waals surface area contributed by atoms with Gasteiger partial charge in [-0.3, -0.25) is 0 Å². The Balaban J connectivity index is 3.61. The van der Waals surface area contributed by atoms with Gasteiger partial charge in [0.2, 0.25) is 0 Å². The first-order valence-electron chi connectivity index (χ1n) is 3.42. The van der Waals surface area contributed by atoms with Crippen LogP contribution in [0.5, 0.6) is 0 Å². The van der Waals surface area contributed by atoms with Gasteiger partial charge in [0.1, 0.15) is 0 Å². The third-order valence-corrected chi connectivity index (χ3v) is 1.37. The number of nitrogens with zero attached hydrogens (tertiary/aromatic N) is 1. The van der Waals surface area contributed by atoms with Crippen LogP contribution < -0.4 is 5.43 Å². The predicted octanol–water partition coefficient (Wildman–Crippen LogP) is 1.79. The number of hydrogen-bond donors (Lipinski definition) is 1. The van der Waals surface area contributed by atoms with Crippen LogP contribution in [0.25, 0.3) is 0 Å². The molecule has 0 aromatic carbocycles. The number of rotatable bonds is 5. The van der Waals surface area contributed by atoms with E-state index in [2.05, 4.69) is 37.7 Å². The van der Waals surface area contributed by atoms with Crippen molar-refractivity contribution in [3.63, 3.8) is 0 Å². The molecule has 0 unspecified atom stereocenters. The van der Waals surface area contributed by atoms with Crippen LogP contribution >= 0.6 is 0 Å². The van der Waals surface area contributed by atoms with E-state index < -0.39 is 0 Å². The summed E-state index contributed by atoms with van der Waals surface area (Å²) in [5, 5.41) is 3.57. The van der Waals surface area contributed by atoms with Crippen molar-refractivity contribution < 1.29 is 0 Å². The minimum Gasteiger partial charge on any atom is -0.310 e. The van der Waals surface area contributed by atoms with Crippen molar-refractivity contribution in [2.45, 2.75) is 20.3 Å². The zero-order valence-corrected chi connectivity index (χ0v) is 6.85. The second-order valence-electron chi connectivity index (χ2n) is 3.15. The van der Waals surface area contributed by atoms with Crippen LogP contribution in [0.3, 0.4) is 0 Å². The summed E-state index contributed by atoms with van der Waals surface area (Å²) in [5.41, 5.74) is 3.08. The summed E-state index contributed by atoms with van der Waals surface area (Å²) in [6.07, 6.45) is 2.92. The van der Waals surface area contributed by atoms with Gasteiger partial charge < -0.3 is 5.43 Å². The first kappa shape index (κ1) is 9.21. The van der Waals surface area contributed by atoms with E-state index in [9.17, 15) is 0 Å². The SMILES string of the molecule is C=CCC(C)(C)CNN=C. The van der Waals surface area contributed by atoms with Gasteiger partial charge in [0.15, 0.2) is 0 Å². The molecule has 0 radical (unpaired) electrons. The van der Waals surface area contributed by atoms with E-state index in [-0.39, 0.29) is 5.41 Å². The molecule has 0 aliphatic rings. The van der Waals surface area contributed by atoms with Crippen molar-refractivity contribution in [1.82, 2.24) is 5.43 Å². The van der Waals surface area contributed by atoms with Gasteiger partial charge in [-0.05, 0) is 11.8 Å². The molecule has 0 aromatic heterocycles. The van der Waals surface area contributed by atoms with Crippen molar-refractivity contribution in [3.05, 3.63) is 12.7 Å². The summed E-state index contributed by atoms with van der Waals surface area (Å²) in [5.74, 6) is 0. The second kappa shape index (κ2) is 4.09. The lowest BCUT2D eigenvalue weighted by Crippen LogP contribution is -2.25. The molecule has 0 heterocycles. The van der Waals surface area contributed by atoms with Gasteiger partial charge in [-0.2, -0.15) is 5.10 Å². The molecule has 0 aliphatic heterocycles. The first-order chi connectivity index (χ1) is 4.62. The minimum absolute atomic E-state index is 0.239. The molecule has 2 heteroatoms. The van der Waals surface area contributed by atoms with Crippen molar-refractivity contribution in [3.8, 4) is 0 Å². The number of nitrogens with one attached hydrogen (secondary N) is 1. The molecular formula is C8H16N2. The van der Waals surface area contributed by atoms with Crippen LogP contribution in [0.15, 0.2) is 17.8 Å². The van der Waals surface area contributed by atoms with Crippen molar-refractivity contribution >= 4 is 6.72 Å².